The molecule has 0 bridgehead atoms. The van der Waals surface area contributed by atoms with Crippen molar-refractivity contribution in [3.63, 3.8) is 0 Å². The van der Waals surface area contributed by atoms with E-state index in [0.717, 1.165) is 27.1 Å². The molecule has 10 atom stereocenters. The number of hydrogen-bond donors (Lipinski definition) is 0. The Hall–Kier alpha value is -4.42. The summed E-state index contributed by atoms with van der Waals surface area (Å²) in [5.74, 6) is -1.70. The third-order valence-corrected chi connectivity index (χ3v) is 20.1. The Kier molecular flexibility index (Phi) is 20.6. The number of hydrogen-bond acceptors (Lipinski definition) is 14. The average molecular weight is 1000 g/mol. The number of ether oxygens (including phenoxy) is 9. The van der Waals surface area contributed by atoms with E-state index in [1.54, 1.807) is 0 Å². The number of carbonyl (C=O) groups is 3. The second kappa shape index (κ2) is 26.3. The Morgan fingerprint density at radius 3 is 1.43 bits per heavy atom. The molecule has 6 rings (SSSR count). The number of benzene rings is 4. The molecule has 70 heavy (non-hydrogen) atoms. The minimum absolute atomic E-state index is 0.0902. The lowest BCUT2D eigenvalue weighted by atomic mass is 9.96. The van der Waals surface area contributed by atoms with E-state index in [2.05, 4.69) is 41.5 Å². The smallest absolute Gasteiger partial charge is 0.303 e. The Morgan fingerprint density at radius 2 is 0.971 bits per heavy atom. The number of rotatable bonds is 23. The SMILES string of the molecule is CC(=O)OC[C@H]1O[C@H](O[C@H]2[C@H](OCc3ccccc3)[C@H](OC(C)=O)[C@@H](Sc3ccc(C)cc3)O[C@@H]2CO[Si](C(C)C)(C(C)C)C(C)C)[C@@H](OC(C)=O)[C@@H](OCc2ccccc2)[C@@H]1OCc1ccccc1. The van der Waals surface area contributed by atoms with Gasteiger partial charge in [0.05, 0.1) is 26.4 Å². The molecule has 0 spiro atoms. The van der Waals surface area contributed by atoms with Gasteiger partial charge in [0.1, 0.15) is 48.7 Å². The first kappa shape index (κ1) is 54.9. The first-order chi connectivity index (χ1) is 33.5. The molecule has 2 heterocycles. The van der Waals surface area contributed by atoms with Crippen LogP contribution >= 0.6 is 11.8 Å². The van der Waals surface area contributed by atoms with Crippen LogP contribution < -0.4 is 0 Å². The van der Waals surface area contributed by atoms with Crippen LogP contribution in [-0.2, 0) is 81.3 Å². The van der Waals surface area contributed by atoms with Gasteiger partial charge in [0, 0.05) is 25.7 Å². The quantitative estimate of drug-likeness (QED) is 0.0395. The molecule has 2 fully saturated rings. The normalized spacial score (nSPS) is 24.9. The van der Waals surface area contributed by atoms with E-state index in [1.165, 1.54) is 32.5 Å². The first-order valence-electron chi connectivity index (χ1n) is 24.3. The summed E-state index contributed by atoms with van der Waals surface area (Å²) in [6.07, 6.45) is -9.62. The van der Waals surface area contributed by atoms with Gasteiger partial charge in [0.15, 0.2) is 26.8 Å². The predicted octanol–water partition coefficient (Wildman–Crippen LogP) is 10.3. The molecule has 15 heteroatoms. The molecule has 0 unspecified atom stereocenters. The lowest BCUT2D eigenvalue weighted by Crippen LogP contribution is -2.66. The topological polar surface area (TPSA) is 144 Å². The van der Waals surface area contributed by atoms with Crippen molar-refractivity contribution in [1.82, 2.24) is 0 Å². The second-order valence-corrected chi connectivity index (χ2v) is 25.6. The van der Waals surface area contributed by atoms with Gasteiger partial charge in [-0.2, -0.15) is 0 Å². The molecule has 2 aliphatic rings. The van der Waals surface area contributed by atoms with Crippen LogP contribution in [0.1, 0.15) is 84.6 Å². The van der Waals surface area contributed by atoms with E-state index in [-0.39, 0.29) is 49.7 Å². The zero-order valence-corrected chi connectivity index (χ0v) is 44.0. The van der Waals surface area contributed by atoms with Gasteiger partial charge in [0.25, 0.3) is 0 Å². The van der Waals surface area contributed by atoms with Gasteiger partial charge in [-0.25, -0.2) is 0 Å². The third-order valence-electron chi connectivity index (χ3n) is 12.9. The highest BCUT2D eigenvalue weighted by molar-refractivity contribution is 7.99. The molecule has 4 aromatic rings. The lowest BCUT2D eigenvalue weighted by molar-refractivity contribution is -0.351. The number of thioether (sulfide) groups is 1. The van der Waals surface area contributed by atoms with Crippen LogP contribution in [0.15, 0.2) is 120 Å². The van der Waals surface area contributed by atoms with Gasteiger partial charge in [0.2, 0.25) is 0 Å². The summed E-state index contributed by atoms with van der Waals surface area (Å²) in [6.45, 7) is 19.5. The minimum Gasteiger partial charge on any atom is -0.463 e. The summed E-state index contributed by atoms with van der Waals surface area (Å²) >= 11 is 1.42. The van der Waals surface area contributed by atoms with Crippen LogP contribution in [0, 0.1) is 6.92 Å². The van der Waals surface area contributed by atoms with E-state index in [4.69, 9.17) is 47.1 Å². The van der Waals surface area contributed by atoms with Crippen molar-refractivity contribution in [2.45, 2.75) is 171 Å². The van der Waals surface area contributed by atoms with Crippen LogP contribution in [0.3, 0.4) is 0 Å². The number of esters is 3. The average Bonchev–Trinajstić information content (AvgIpc) is 3.32. The van der Waals surface area contributed by atoms with Gasteiger partial charge in [-0.15, -0.1) is 0 Å². The molecule has 0 saturated carbocycles. The van der Waals surface area contributed by atoms with Gasteiger partial charge in [-0.3, -0.25) is 14.4 Å². The van der Waals surface area contributed by atoms with Crippen molar-refractivity contribution in [2.24, 2.45) is 0 Å². The summed E-state index contributed by atoms with van der Waals surface area (Å²) < 4.78 is 67.2. The third kappa shape index (κ3) is 14.8. The monoisotopic (exact) mass is 1000 g/mol. The summed E-state index contributed by atoms with van der Waals surface area (Å²) in [5, 5.41) is 0. The van der Waals surface area contributed by atoms with Crippen LogP contribution in [0.4, 0.5) is 0 Å². The minimum atomic E-state index is -2.55. The molecule has 13 nitrogen and oxygen atoms in total. The highest BCUT2D eigenvalue weighted by atomic mass is 32.2. The second-order valence-electron chi connectivity index (χ2n) is 19.0. The number of carbonyl (C=O) groups excluding carboxylic acids is 3. The first-order valence-corrected chi connectivity index (χ1v) is 27.4. The van der Waals surface area contributed by atoms with Gasteiger partial charge in [-0.05, 0) is 52.4 Å². The predicted molar refractivity (Wildman–Crippen MR) is 269 cm³/mol. The molecule has 2 saturated heterocycles. The van der Waals surface area contributed by atoms with E-state index >= 15 is 0 Å². The zero-order valence-electron chi connectivity index (χ0n) is 42.2. The van der Waals surface area contributed by atoms with Crippen LogP contribution in [0.5, 0.6) is 0 Å². The standard InChI is InChI=1S/C55H72O13SSi/c1-35(2)70(36(3)4,37(5)6)63-34-47-49(51(62-32-44-24-18-13-19-25-44)53(65-41(10)58)55(67-47)69-45-28-26-38(7)27-29-45)68-54-52(64-40(9)57)50(61-31-43-22-16-12-17-23-43)48(46(66-54)33-59-39(8)56)60-30-42-20-14-11-15-21-42/h11-29,35-37,46-55H,30-34H2,1-10H3/t46-,47-,48-,49-,50+,51+,52+,53+,54-,55-/m1/s1. The summed E-state index contributed by atoms with van der Waals surface area (Å²) in [5.41, 5.74) is 3.60. The van der Waals surface area contributed by atoms with Crippen molar-refractivity contribution in [1.29, 1.82) is 0 Å². The highest BCUT2D eigenvalue weighted by Crippen LogP contribution is 2.45. The summed E-state index contributed by atoms with van der Waals surface area (Å²) in [6, 6.07) is 36.9. The maximum absolute atomic E-state index is 13.3. The fourth-order valence-corrected chi connectivity index (χ4v) is 16.3. The zero-order chi connectivity index (χ0) is 50.4. The van der Waals surface area contributed by atoms with Gasteiger partial charge in [-0.1, -0.05) is 162 Å². The van der Waals surface area contributed by atoms with Crippen molar-refractivity contribution in [2.75, 3.05) is 13.2 Å². The van der Waals surface area contributed by atoms with Crippen LogP contribution in [0.25, 0.3) is 0 Å². The molecule has 4 aromatic carbocycles. The van der Waals surface area contributed by atoms with E-state index in [1.807, 2.05) is 122 Å². The van der Waals surface area contributed by atoms with E-state index in [0.29, 0.717) is 0 Å². The summed E-state index contributed by atoms with van der Waals surface area (Å²) in [7, 11) is -2.55. The van der Waals surface area contributed by atoms with E-state index < -0.39 is 86.8 Å². The highest BCUT2D eigenvalue weighted by Gasteiger charge is 2.56. The molecule has 2 aliphatic heterocycles. The molecule has 0 aliphatic carbocycles. The molecule has 0 aromatic heterocycles. The Morgan fingerprint density at radius 1 is 0.529 bits per heavy atom. The van der Waals surface area contributed by atoms with Crippen LogP contribution in [0.2, 0.25) is 16.6 Å². The molecule has 380 valence electrons. The number of aryl methyl sites for hydroxylation is 1. The van der Waals surface area contributed by atoms with Crippen molar-refractivity contribution < 1.29 is 61.4 Å². The summed E-state index contributed by atoms with van der Waals surface area (Å²) in [4.78, 5) is 40.0. The van der Waals surface area contributed by atoms with Crippen molar-refractivity contribution in [3.05, 3.63) is 138 Å². The molecule has 0 radical (unpaired) electrons. The Bertz CT molecular complexity index is 2190. The maximum Gasteiger partial charge on any atom is 0.303 e. The van der Waals surface area contributed by atoms with Gasteiger partial charge >= 0.3 is 17.9 Å². The molecule has 0 amide bonds. The van der Waals surface area contributed by atoms with Crippen molar-refractivity contribution >= 4 is 38.0 Å². The molecular formula is C55H72O13SSi. The molecular weight excluding hydrogens is 929 g/mol. The van der Waals surface area contributed by atoms with Gasteiger partial charge < -0.3 is 47.1 Å². The fraction of sp³-hybridized carbons (Fsp3) is 0.509. The maximum atomic E-state index is 13.3. The van der Waals surface area contributed by atoms with E-state index in [9.17, 15) is 14.4 Å². The fourth-order valence-electron chi connectivity index (χ4n) is 9.74. The largest absolute Gasteiger partial charge is 0.463 e. The Balaban J connectivity index is 1.49. The Labute approximate surface area is 419 Å². The molecule has 0 N–H and O–H groups in total. The lowest BCUT2D eigenvalue weighted by Gasteiger charge is -2.50. The van der Waals surface area contributed by atoms with Crippen molar-refractivity contribution in [3.8, 4) is 0 Å². The van der Waals surface area contributed by atoms with Crippen LogP contribution in [-0.4, -0.2) is 100.0 Å².